The molecule has 0 saturated carbocycles. The zero-order valence-electron chi connectivity index (χ0n) is 21.1. The molecule has 0 radical (unpaired) electrons. The highest BCUT2D eigenvalue weighted by molar-refractivity contribution is 5.98. The molecule has 3 saturated heterocycles. The first-order valence-corrected chi connectivity index (χ1v) is 13.1. The first-order chi connectivity index (χ1) is 18.4. The summed E-state index contributed by atoms with van der Waals surface area (Å²) in [5.74, 6) is -3.17. The number of carbonyl (C=O) groups is 4. The van der Waals surface area contributed by atoms with Crippen molar-refractivity contribution in [3.05, 3.63) is 71.8 Å². The van der Waals surface area contributed by atoms with E-state index >= 15 is 0 Å². The maximum Gasteiger partial charge on any atom is 0.309 e. The van der Waals surface area contributed by atoms with Crippen molar-refractivity contribution in [2.45, 2.75) is 63.1 Å². The molecule has 3 atom stereocenters. The summed E-state index contributed by atoms with van der Waals surface area (Å²) in [6, 6.07) is 16.6. The molecule has 200 valence electrons. The van der Waals surface area contributed by atoms with Gasteiger partial charge in [0.25, 0.3) is 17.7 Å². The van der Waals surface area contributed by atoms with Gasteiger partial charge in [-0.3, -0.25) is 29.5 Å². The van der Waals surface area contributed by atoms with Crippen molar-refractivity contribution in [2.24, 2.45) is 0 Å². The van der Waals surface area contributed by atoms with Gasteiger partial charge in [-0.1, -0.05) is 48.5 Å². The van der Waals surface area contributed by atoms with Gasteiger partial charge in [0.1, 0.15) is 12.1 Å². The van der Waals surface area contributed by atoms with Crippen molar-refractivity contribution in [1.29, 1.82) is 0 Å². The van der Waals surface area contributed by atoms with Gasteiger partial charge in [-0.25, -0.2) is 5.01 Å². The number of carbonyl (C=O) groups excluding carboxylic acids is 4. The highest BCUT2D eigenvalue weighted by atomic mass is 16.7. The third kappa shape index (κ3) is 5.71. The van der Waals surface area contributed by atoms with Crippen LogP contribution < -0.4 is 10.6 Å². The molecule has 38 heavy (non-hydrogen) atoms. The summed E-state index contributed by atoms with van der Waals surface area (Å²) >= 11 is 0. The minimum absolute atomic E-state index is 0.113. The fourth-order valence-corrected chi connectivity index (χ4v) is 5.20. The lowest BCUT2D eigenvalue weighted by Crippen LogP contribution is -2.65. The zero-order valence-corrected chi connectivity index (χ0v) is 21.1. The molecule has 0 spiro atoms. The molecule has 3 fully saturated rings. The second-order valence-electron chi connectivity index (χ2n) is 9.82. The number of fused-ring (bicyclic) bond motifs is 1. The minimum atomic E-state index is -1.60. The topological polar surface area (TPSA) is 117 Å². The maximum atomic E-state index is 13.7. The smallest absolute Gasteiger partial charge is 0.309 e. The van der Waals surface area contributed by atoms with E-state index in [1.165, 1.54) is 5.01 Å². The van der Waals surface area contributed by atoms with Crippen molar-refractivity contribution in [1.82, 2.24) is 20.7 Å². The number of nitrogens with one attached hydrogen (secondary N) is 2. The average Bonchev–Trinajstić information content (AvgIpc) is 3.23. The van der Waals surface area contributed by atoms with E-state index in [1.54, 1.807) is 24.3 Å². The Morgan fingerprint density at radius 1 is 0.974 bits per heavy atom. The van der Waals surface area contributed by atoms with E-state index < -0.39 is 29.9 Å². The van der Waals surface area contributed by atoms with Gasteiger partial charge < -0.3 is 14.8 Å². The summed E-state index contributed by atoms with van der Waals surface area (Å²) in [5.41, 5.74) is 1.34. The van der Waals surface area contributed by atoms with E-state index in [0.29, 0.717) is 37.9 Å². The molecule has 3 heterocycles. The molecule has 2 aromatic rings. The van der Waals surface area contributed by atoms with Crippen molar-refractivity contribution >= 4 is 23.7 Å². The largest absolute Gasteiger partial charge is 0.414 e. The fourth-order valence-electron chi connectivity index (χ4n) is 5.20. The normalized spacial score (nSPS) is 25.7. The second-order valence-corrected chi connectivity index (χ2v) is 9.82. The van der Waals surface area contributed by atoms with Crippen LogP contribution in [-0.2, 0) is 30.5 Å². The number of benzene rings is 2. The van der Waals surface area contributed by atoms with Gasteiger partial charge in [0.15, 0.2) is 0 Å². The summed E-state index contributed by atoms with van der Waals surface area (Å²) in [6.07, 6.45) is 2.61. The SMILES string of the molecule is O=C1CCC(NC(=O)[C@@H]2CCCN3CCC[C@H](NC(=O)c4ccccc4)C(=O)N23)(OCc2ccccc2)O1. The molecule has 10 nitrogen and oxygen atoms in total. The van der Waals surface area contributed by atoms with Crippen molar-refractivity contribution in [2.75, 3.05) is 13.1 Å². The van der Waals surface area contributed by atoms with Gasteiger partial charge in [0.2, 0.25) is 5.91 Å². The molecule has 1 unspecified atom stereocenters. The number of nitrogens with zero attached hydrogens (tertiary/aromatic N) is 2. The quantitative estimate of drug-likeness (QED) is 0.424. The Morgan fingerprint density at radius 3 is 2.34 bits per heavy atom. The van der Waals surface area contributed by atoms with Gasteiger partial charge in [-0.2, -0.15) is 0 Å². The Kier molecular flexibility index (Phi) is 7.71. The van der Waals surface area contributed by atoms with Crippen LogP contribution in [0, 0.1) is 0 Å². The van der Waals surface area contributed by atoms with E-state index in [4.69, 9.17) is 9.47 Å². The highest BCUT2D eigenvalue weighted by Gasteiger charge is 2.48. The molecule has 2 aromatic carbocycles. The van der Waals surface area contributed by atoms with Crippen molar-refractivity contribution in [3.63, 3.8) is 0 Å². The van der Waals surface area contributed by atoms with Gasteiger partial charge in [0, 0.05) is 25.1 Å². The van der Waals surface area contributed by atoms with Crippen LogP contribution in [-0.4, -0.2) is 64.8 Å². The van der Waals surface area contributed by atoms with Crippen LogP contribution >= 0.6 is 0 Å². The van der Waals surface area contributed by atoms with E-state index in [2.05, 4.69) is 10.6 Å². The van der Waals surface area contributed by atoms with Crippen molar-refractivity contribution in [3.8, 4) is 0 Å². The van der Waals surface area contributed by atoms with Crippen LogP contribution in [0.4, 0.5) is 0 Å². The van der Waals surface area contributed by atoms with E-state index in [-0.39, 0.29) is 31.3 Å². The zero-order chi connectivity index (χ0) is 26.5. The highest BCUT2D eigenvalue weighted by Crippen LogP contribution is 2.29. The first-order valence-electron chi connectivity index (χ1n) is 13.1. The molecule has 2 N–H and O–H groups in total. The minimum Gasteiger partial charge on any atom is -0.414 e. The molecule has 0 aromatic heterocycles. The summed E-state index contributed by atoms with van der Waals surface area (Å²) < 4.78 is 11.4. The predicted molar refractivity (Wildman–Crippen MR) is 136 cm³/mol. The number of hydrogen-bond donors (Lipinski definition) is 2. The Hall–Kier alpha value is -3.76. The van der Waals surface area contributed by atoms with Crippen LogP contribution in [0.25, 0.3) is 0 Å². The fraction of sp³-hybridized carbons (Fsp3) is 0.429. The molecular weight excluding hydrogens is 488 g/mol. The Balaban J connectivity index is 1.31. The van der Waals surface area contributed by atoms with Gasteiger partial charge in [-0.05, 0) is 43.4 Å². The van der Waals surface area contributed by atoms with Crippen LogP contribution in [0.1, 0.15) is 54.4 Å². The lowest BCUT2D eigenvalue weighted by Gasteiger charge is -2.44. The predicted octanol–water partition coefficient (Wildman–Crippen LogP) is 2.11. The number of hydrazine groups is 1. The number of rotatable bonds is 7. The van der Waals surface area contributed by atoms with E-state index in [9.17, 15) is 19.2 Å². The third-order valence-electron chi connectivity index (χ3n) is 7.14. The van der Waals surface area contributed by atoms with Gasteiger partial charge in [-0.15, -0.1) is 0 Å². The molecule has 0 aliphatic carbocycles. The molecule has 3 aliphatic rings. The van der Waals surface area contributed by atoms with E-state index in [1.807, 2.05) is 41.4 Å². The van der Waals surface area contributed by atoms with Gasteiger partial charge >= 0.3 is 5.97 Å². The standard InChI is InChI=1S/C28H32N4O6/c33-24-15-16-28(38-24,37-19-20-9-3-1-4-10-20)30-26(35)23-14-8-18-31-17-7-13-22(27(36)32(23)31)29-25(34)21-11-5-2-6-12-21/h1-6,9-12,22-23H,7-8,13-19H2,(H,29,34)(H,30,35)/t22-,23-,28?/m0/s1. The number of ether oxygens (including phenoxy) is 2. The molecule has 3 aliphatic heterocycles. The summed E-state index contributed by atoms with van der Waals surface area (Å²) in [4.78, 5) is 52.2. The van der Waals surface area contributed by atoms with Gasteiger partial charge in [0.05, 0.1) is 13.0 Å². The number of amides is 3. The Bertz CT molecular complexity index is 1180. The van der Waals surface area contributed by atoms with E-state index in [0.717, 1.165) is 12.0 Å². The molecule has 0 bridgehead atoms. The molecule has 5 rings (SSSR count). The average molecular weight is 521 g/mol. The van der Waals surface area contributed by atoms with Crippen LogP contribution in [0.3, 0.4) is 0 Å². The Morgan fingerprint density at radius 2 is 1.66 bits per heavy atom. The molecule has 10 heteroatoms. The first kappa shape index (κ1) is 25.9. The Labute approximate surface area is 221 Å². The third-order valence-corrected chi connectivity index (χ3v) is 7.14. The molecular formula is C28H32N4O6. The number of cyclic esters (lactones) is 1. The maximum absolute atomic E-state index is 13.7. The van der Waals surface area contributed by atoms with Crippen molar-refractivity contribution < 1.29 is 28.7 Å². The second kappa shape index (κ2) is 11.3. The summed E-state index contributed by atoms with van der Waals surface area (Å²) in [6.45, 7) is 1.37. The molecule has 3 amide bonds. The lowest BCUT2D eigenvalue weighted by molar-refractivity contribution is -0.234. The van der Waals surface area contributed by atoms with Crippen LogP contribution in [0.2, 0.25) is 0 Å². The number of hydrogen-bond acceptors (Lipinski definition) is 7. The lowest BCUT2D eigenvalue weighted by atomic mass is 10.1. The van der Waals surface area contributed by atoms with Crippen LogP contribution in [0.5, 0.6) is 0 Å². The van der Waals surface area contributed by atoms with Crippen LogP contribution in [0.15, 0.2) is 60.7 Å². The summed E-state index contributed by atoms with van der Waals surface area (Å²) in [7, 11) is 0. The monoisotopic (exact) mass is 520 g/mol. The number of esters is 1. The summed E-state index contributed by atoms with van der Waals surface area (Å²) in [5, 5.41) is 9.05.